The van der Waals surface area contributed by atoms with Crippen molar-refractivity contribution in [3.8, 4) is 0 Å². The Labute approximate surface area is 125 Å². The van der Waals surface area contributed by atoms with Crippen LogP contribution in [0.15, 0.2) is 15.4 Å². The van der Waals surface area contributed by atoms with E-state index in [9.17, 15) is 22.0 Å². The molecule has 0 aliphatic carbocycles. The molecule has 1 aliphatic rings. The molecule has 1 aromatic rings. The van der Waals surface area contributed by atoms with Gasteiger partial charge in [-0.2, -0.15) is 0 Å². The fourth-order valence-electron chi connectivity index (χ4n) is 1.48. The monoisotopic (exact) mass is 390 g/mol. The van der Waals surface area contributed by atoms with Gasteiger partial charge in [-0.1, -0.05) is 0 Å². The van der Waals surface area contributed by atoms with Crippen molar-refractivity contribution >= 4 is 41.6 Å². The molecule has 1 aliphatic heterocycles. The van der Waals surface area contributed by atoms with E-state index in [0.717, 1.165) is 0 Å². The van der Waals surface area contributed by atoms with Crippen molar-refractivity contribution in [1.82, 2.24) is 0 Å². The third kappa shape index (κ3) is 2.95. The van der Waals surface area contributed by atoms with Gasteiger partial charge < -0.3 is 9.47 Å². The van der Waals surface area contributed by atoms with Crippen LogP contribution in [0.2, 0.25) is 0 Å². The third-order valence-electron chi connectivity index (χ3n) is 2.46. The highest BCUT2D eigenvalue weighted by Crippen LogP contribution is 2.32. The lowest BCUT2D eigenvalue weighted by atomic mass is 10.2. The molecule has 0 radical (unpaired) electrons. The molecule has 0 saturated carbocycles. The Morgan fingerprint density at radius 1 is 1.45 bits per heavy atom. The molecule has 0 spiro atoms. The Morgan fingerprint density at radius 3 is 2.50 bits per heavy atom. The molecule has 0 bridgehead atoms. The Hall–Kier alpha value is -0.770. The molecular weight excluding hydrogens is 386 g/mol. The SMILES string of the molecule is O=C(OC1COC1)c1c(F)cc(Br)c(S(=O)(=O)Cl)c1F. The highest BCUT2D eigenvalue weighted by Gasteiger charge is 2.32. The number of hydrogen-bond donors (Lipinski definition) is 0. The average molecular weight is 392 g/mol. The van der Waals surface area contributed by atoms with Gasteiger partial charge in [0.15, 0.2) is 5.82 Å². The first-order valence-corrected chi connectivity index (χ1v) is 8.23. The maximum absolute atomic E-state index is 14.0. The lowest BCUT2D eigenvalue weighted by Crippen LogP contribution is -2.38. The number of ether oxygens (including phenoxy) is 2. The van der Waals surface area contributed by atoms with Crippen molar-refractivity contribution < 1.29 is 31.5 Å². The van der Waals surface area contributed by atoms with Gasteiger partial charge in [-0.25, -0.2) is 22.0 Å². The lowest BCUT2D eigenvalue weighted by Gasteiger charge is -2.25. The molecule has 0 aromatic heterocycles. The van der Waals surface area contributed by atoms with Crippen LogP contribution in [0.1, 0.15) is 10.4 Å². The molecule has 0 unspecified atom stereocenters. The standard InChI is InChI=1S/C10H6BrClF2O5S/c11-5-1-6(13)7(8(14)9(5)20(12,16)17)10(15)19-4-2-18-3-4/h1,4H,2-3H2. The highest BCUT2D eigenvalue weighted by molar-refractivity contribution is 9.10. The number of hydrogen-bond acceptors (Lipinski definition) is 5. The summed E-state index contributed by atoms with van der Waals surface area (Å²) in [5.41, 5.74) is -1.11. The zero-order valence-corrected chi connectivity index (χ0v) is 12.7. The molecule has 1 saturated heterocycles. The molecule has 0 atom stereocenters. The average Bonchev–Trinajstić information content (AvgIpc) is 2.20. The summed E-state index contributed by atoms with van der Waals surface area (Å²) in [6, 6.07) is 0.631. The van der Waals surface area contributed by atoms with Gasteiger partial charge in [-0.15, -0.1) is 0 Å². The molecule has 10 heteroatoms. The predicted octanol–water partition coefficient (Wildman–Crippen LogP) is 2.21. The zero-order chi connectivity index (χ0) is 15.1. The summed E-state index contributed by atoms with van der Waals surface area (Å²) in [6.45, 7) is 0.234. The van der Waals surface area contributed by atoms with E-state index >= 15 is 0 Å². The van der Waals surface area contributed by atoms with Gasteiger partial charge in [0.1, 0.15) is 22.4 Å². The van der Waals surface area contributed by atoms with Crippen LogP contribution in [0.5, 0.6) is 0 Å². The van der Waals surface area contributed by atoms with E-state index in [2.05, 4.69) is 15.9 Å². The molecule has 0 amide bonds. The smallest absolute Gasteiger partial charge is 0.344 e. The van der Waals surface area contributed by atoms with Crippen molar-refractivity contribution in [2.45, 2.75) is 11.0 Å². The molecule has 110 valence electrons. The van der Waals surface area contributed by atoms with E-state index in [0.29, 0.717) is 6.07 Å². The first-order valence-electron chi connectivity index (χ1n) is 5.12. The van der Waals surface area contributed by atoms with E-state index in [1.807, 2.05) is 0 Å². The summed E-state index contributed by atoms with van der Waals surface area (Å²) in [7, 11) is 0.544. The van der Waals surface area contributed by atoms with Crippen LogP contribution in [0.25, 0.3) is 0 Å². The van der Waals surface area contributed by atoms with Crippen LogP contribution < -0.4 is 0 Å². The molecule has 2 rings (SSSR count). The largest absolute Gasteiger partial charge is 0.454 e. The van der Waals surface area contributed by atoms with Crippen molar-refractivity contribution in [2.24, 2.45) is 0 Å². The minimum absolute atomic E-state index is 0.117. The second kappa shape index (κ2) is 5.55. The molecule has 20 heavy (non-hydrogen) atoms. The van der Waals surface area contributed by atoms with Crippen LogP contribution in [0, 0.1) is 11.6 Å². The minimum Gasteiger partial charge on any atom is -0.454 e. The van der Waals surface area contributed by atoms with Gasteiger partial charge in [0, 0.05) is 15.2 Å². The first kappa shape index (κ1) is 15.6. The van der Waals surface area contributed by atoms with E-state index in [1.165, 1.54) is 0 Å². The van der Waals surface area contributed by atoms with Crippen LogP contribution >= 0.6 is 26.6 Å². The van der Waals surface area contributed by atoms with Gasteiger partial charge in [0.2, 0.25) is 0 Å². The van der Waals surface area contributed by atoms with Gasteiger partial charge in [0.05, 0.1) is 13.2 Å². The van der Waals surface area contributed by atoms with Crippen molar-refractivity contribution in [1.29, 1.82) is 0 Å². The van der Waals surface area contributed by atoms with E-state index in [4.69, 9.17) is 20.2 Å². The Kier molecular flexibility index (Phi) is 4.33. The zero-order valence-electron chi connectivity index (χ0n) is 9.53. The number of carbonyl (C=O) groups is 1. The van der Waals surface area contributed by atoms with Gasteiger partial charge in [-0.3, -0.25) is 0 Å². The normalized spacial score (nSPS) is 15.8. The van der Waals surface area contributed by atoms with Crippen LogP contribution in [-0.4, -0.2) is 33.7 Å². The van der Waals surface area contributed by atoms with E-state index in [1.54, 1.807) is 0 Å². The van der Waals surface area contributed by atoms with Gasteiger partial charge in [0.25, 0.3) is 9.05 Å². The van der Waals surface area contributed by atoms with E-state index < -0.39 is 47.7 Å². The van der Waals surface area contributed by atoms with E-state index in [-0.39, 0.29) is 13.2 Å². The molecule has 1 aromatic carbocycles. The third-order valence-corrected chi connectivity index (χ3v) is 4.69. The molecule has 0 N–H and O–H groups in total. The second-order valence-electron chi connectivity index (χ2n) is 3.86. The summed E-state index contributed by atoms with van der Waals surface area (Å²) in [4.78, 5) is 10.7. The van der Waals surface area contributed by atoms with Gasteiger partial charge in [-0.05, 0) is 22.0 Å². The topological polar surface area (TPSA) is 69.7 Å². The summed E-state index contributed by atoms with van der Waals surface area (Å²) in [6.07, 6.45) is -0.610. The molecular formula is C10H6BrClF2O5S. The van der Waals surface area contributed by atoms with Crippen LogP contribution in [0.4, 0.5) is 8.78 Å². The quantitative estimate of drug-likeness (QED) is 0.584. The summed E-state index contributed by atoms with van der Waals surface area (Å²) in [5, 5.41) is 0. The maximum atomic E-state index is 14.0. The second-order valence-corrected chi connectivity index (χ2v) is 7.22. The molecule has 1 fully saturated rings. The maximum Gasteiger partial charge on any atom is 0.344 e. The van der Waals surface area contributed by atoms with Crippen molar-refractivity contribution in [3.63, 3.8) is 0 Å². The summed E-state index contributed by atoms with van der Waals surface area (Å²) < 4.78 is 59.3. The number of benzene rings is 1. The number of esters is 1. The Bertz CT molecular complexity index is 675. The fraction of sp³-hybridized carbons (Fsp3) is 0.300. The number of halogens is 4. The molecule has 5 nitrogen and oxygen atoms in total. The fourth-order valence-corrected chi connectivity index (χ4v) is 3.83. The van der Waals surface area contributed by atoms with Crippen molar-refractivity contribution in [3.05, 3.63) is 27.7 Å². The van der Waals surface area contributed by atoms with Gasteiger partial charge >= 0.3 is 5.97 Å². The minimum atomic E-state index is -4.51. The first-order chi connectivity index (χ1) is 9.21. The molecule has 1 heterocycles. The summed E-state index contributed by atoms with van der Waals surface area (Å²) in [5.74, 6) is -4.18. The van der Waals surface area contributed by atoms with Crippen LogP contribution in [-0.2, 0) is 18.5 Å². The van der Waals surface area contributed by atoms with Crippen molar-refractivity contribution in [2.75, 3.05) is 13.2 Å². The Balaban J connectivity index is 2.49. The lowest BCUT2D eigenvalue weighted by molar-refractivity contribution is -0.103. The van der Waals surface area contributed by atoms with Crippen LogP contribution in [0.3, 0.4) is 0 Å². The number of carbonyl (C=O) groups excluding carboxylic acids is 1. The highest BCUT2D eigenvalue weighted by atomic mass is 79.9. The summed E-state index contributed by atoms with van der Waals surface area (Å²) >= 11 is 2.68. The number of rotatable bonds is 3. The predicted molar refractivity (Wildman–Crippen MR) is 67.1 cm³/mol. The Morgan fingerprint density at radius 2 is 2.05 bits per heavy atom.